The van der Waals surface area contributed by atoms with Crippen LogP contribution in [0, 0.1) is 6.92 Å². The molecular weight excluding hydrogens is 288 g/mol. The van der Waals surface area contributed by atoms with Crippen LogP contribution >= 0.6 is 0 Å². The first-order chi connectivity index (χ1) is 11.1. The molecule has 2 aromatic carbocycles. The van der Waals surface area contributed by atoms with Crippen molar-refractivity contribution in [3.05, 3.63) is 60.3 Å². The molecule has 0 aliphatic rings. The fourth-order valence-corrected chi connectivity index (χ4v) is 2.46. The van der Waals surface area contributed by atoms with Crippen LogP contribution in [0.5, 0.6) is 11.5 Å². The Hall–Kier alpha value is -3.01. The molecule has 0 fully saturated rings. The number of benzene rings is 2. The Bertz CT molecular complexity index is 842. The fourth-order valence-electron chi connectivity index (χ4n) is 2.46. The first-order valence-corrected chi connectivity index (χ1v) is 7.28. The molecule has 3 N–H and O–H groups in total. The van der Waals surface area contributed by atoms with Gasteiger partial charge in [0.15, 0.2) is 11.5 Å². The van der Waals surface area contributed by atoms with Crippen molar-refractivity contribution in [3.63, 3.8) is 0 Å². The first kappa shape index (κ1) is 14.9. The van der Waals surface area contributed by atoms with Gasteiger partial charge in [0.25, 0.3) is 0 Å². The average Bonchev–Trinajstić information content (AvgIpc) is 2.57. The van der Waals surface area contributed by atoms with Crippen molar-refractivity contribution in [3.8, 4) is 33.8 Å². The van der Waals surface area contributed by atoms with Crippen LogP contribution in [0.2, 0.25) is 0 Å². The standard InChI is InChI=1S/C19H18N2O2/c1-12-3-5-13(6-4-12)15-9-16(19(20)21-11-15)14-7-8-17(22)18(10-14)23-2/h3-11,22H,1-2H3,(H2,20,21). The molecule has 4 heteroatoms. The van der Waals surface area contributed by atoms with Crippen molar-refractivity contribution < 1.29 is 9.84 Å². The van der Waals surface area contributed by atoms with E-state index in [0.29, 0.717) is 11.6 Å². The number of anilines is 1. The van der Waals surface area contributed by atoms with Crippen LogP contribution in [-0.2, 0) is 0 Å². The second-order valence-electron chi connectivity index (χ2n) is 5.41. The molecule has 0 radical (unpaired) electrons. The van der Waals surface area contributed by atoms with Crippen LogP contribution in [0.4, 0.5) is 5.82 Å². The topological polar surface area (TPSA) is 68.4 Å². The first-order valence-electron chi connectivity index (χ1n) is 7.28. The van der Waals surface area contributed by atoms with Gasteiger partial charge in [-0.05, 0) is 36.2 Å². The van der Waals surface area contributed by atoms with Crippen molar-refractivity contribution in [2.75, 3.05) is 12.8 Å². The Morgan fingerprint density at radius 3 is 2.35 bits per heavy atom. The van der Waals surface area contributed by atoms with Crippen molar-refractivity contribution in [1.82, 2.24) is 4.98 Å². The molecule has 3 rings (SSSR count). The van der Waals surface area contributed by atoms with Crippen LogP contribution in [-0.4, -0.2) is 17.2 Å². The lowest BCUT2D eigenvalue weighted by atomic mass is 10.00. The number of pyridine rings is 1. The van der Waals surface area contributed by atoms with Crippen LogP contribution < -0.4 is 10.5 Å². The lowest BCUT2D eigenvalue weighted by molar-refractivity contribution is 0.373. The van der Waals surface area contributed by atoms with Gasteiger partial charge in [-0.15, -0.1) is 0 Å². The number of hydrogen-bond acceptors (Lipinski definition) is 4. The third-order valence-electron chi connectivity index (χ3n) is 3.79. The maximum atomic E-state index is 9.74. The normalized spacial score (nSPS) is 10.5. The molecule has 0 amide bonds. The molecule has 0 unspecified atom stereocenters. The molecule has 0 spiro atoms. The largest absolute Gasteiger partial charge is 0.504 e. The molecule has 3 aromatic rings. The van der Waals surface area contributed by atoms with Gasteiger partial charge in [-0.3, -0.25) is 0 Å². The lowest BCUT2D eigenvalue weighted by Gasteiger charge is -2.11. The molecule has 0 aliphatic heterocycles. The summed E-state index contributed by atoms with van der Waals surface area (Å²) in [5.74, 6) is 0.939. The maximum Gasteiger partial charge on any atom is 0.161 e. The highest BCUT2D eigenvalue weighted by Crippen LogP contribution is 2.35. The molecule has 0 saturated heterocycles. The number of nitrogens with zero attached hydrogens (tertiary/aromatic N) is 1. The van der Waals surface area contributed by atoms with E-state index in [1.807, 2.05) is 6.07 Å². The highest BCUT2D eigenvalue weighted by molar-refractivity contribution is 5.80. The third-order valence-corrected chi connectivity index (χ3v) is 3.79. The summed E-state index contributed by atoms with van der Waals surface area (Å²) in [6.45, 7) is 2.05. The summed E-state index contributed by atoms with van der Waals surface area (Å²) in [5, 5.41) is 9.74. The zero-order valence-electron chi connectivity index (χ0n) is 13.1. The predicted octanol–water partition coefficient (Wildman–Crippen LogP) is 4.02. The van der Waals surface area contributed by atoms with Crippen molar-refractivity contribution >= 4 is 5.82 Å². The molecule has 1 aromatic heterocycles. The third kappa shape index (κ3) is 2.97. The monoisotopic (exact) mass is 306 g/mol. The minimum absolute atomic E-state index is 0.0949. The molecule has 0 saturated carbocycles. The summed E-state index contributed by atoms with van der Waals surface area (Å²) < 4.78 is 5.16. The molecule has 0 aliphatic carbocycles. The minimum Gasteiger partial charge on any atom is -0.504 e. The number of hydrogen-bond donors (Lipinski definition) is 2. The van der Waals surface area contributed by atoms with Gasteiger partial charge in [0.2, 0.25) is 0 Å². The predicted molar refractivity (Wildman–Crippen MR) is 92.5 cm³/mol. The highest BCUT2D eigenvalue weighted by atomic mass is 16.5. The number of aryl methyl sites for hydroxylation is 1. The van der Waals surface area contributed by atoms with E-state index in [0.717, 1.165) is 22.3 Å². The van der Waals surface area contributed by atoms with Gasteiger partial charge >= 0.3 is 0 Å². The quantitative estimate of drug-likeness (QED) is 0.767. The summed E-state index contributed by atoms with van der Waals surface area (Å²) in [7, 11) is 1.52. The number of phenolic OH excluding ortho intramolecular Hbond substituents is 1. The Balaban J connectivity index is 2.09. The number of rotatable bonds is 3. The Morgan fingerprint density at radius 1 is 0.957 bits per heavy atom. The Labute approximate surface area is 135 Å². The Morgan fingerprint density at radius 2 is 1.65 bits per heavy atom. The van der Waals surface area contributed by atoms with E-state index in [4.69, 9.17) is 10.5 Å². The lowest BCUT2D eigenvalue weighted by Crippen LogP contribution is -1.95. The molecule has 4 nitrogen and oxygen atoms in total. The number of ether oxygens (including phenoxy) is 1. The molecule has 23 heavy (non-hydrogen) atoms. The zero-order valence-corrected chi connectivity index (χ0v) is 13.1. The zero-order chi connectivity index (χ0) is 16.4. The summed E-state index contributed by atoms with van der Waals surface area (Å²) in [6.07, 6.45) is 1.77. The molecule has 0 atom stereocenters. The summed E-state index contributed by atoms with van der Waals surface area (Å²) in [6, 6.07) is 15.4. The van der Waals surface area contributed by atoms with Gasteiger partial charge < -0.3 is 15.6 Å². The fraction of sp³-hybridized carbons (Fsp3) is 0.105. The van der Waals surface area contributed by atoms with Gasteiger partial charge in [0.05, 0.1) is 7.11 Å². The van der Waals surface area contributed by atoms with Crippen LogP contribution in [0.3, 0.4) is 0 Å². The molecular formula is C19H18N2O2. The SMILES string of the molecule is COc1cc(-c2cc(-c3ccc(C)cc3)cnc2N)ccc1O. The number of nitrogens with two attached hydrogens (primary N) is 1. The van der Waals surface area contributed by atoms with E-state index in [2.05, 4.69) is 36.2 Å². The van der Waals surface area contributed by atoms with Crippen molar-refractivity contribution in [1.29, 1.82) is 0 Å². The van der Waals surface area contributed by atoms with Crippen molar-refractivity contribution in [2.45, 2.75) is 6.92 Å². The number of methoxy groups -OCH3 is 1. The Kier molecular flexibility index (Phi) is 3.89. The number of aromatic nitrogens is 1. The van der Waals surface area contributed by atoms with E-state index in [1.54, 1.807) is 24.4 Å². The van der Waals surface area contributed by atoms with E-state index < -0.39 is 0 Å². The molecule has 1 heterocycles. The van der Waals surface area contributed by atoms with Crippen LogP contribution in [0.25, 0.3) is 22.3 Å². The number of aromatic hydroxyl groups is 1. The van der Waals surface area contributed by atoms with Crippen LogP contribution in [0.15, 0.2) is 54.7 Å². The second-order valence-corrected chi connectivity index (χ2v) is 5.41. The van der Waals surface area contributed by atoms with Gasteiger partial charge in [0.1, 0.15) is 5.82 Å². The molecule has 116 valence electrons. The van der Waals surface area contributed by atoms with Gasteiger partial charge in [-0.1, -0.05) is 35.9 Å². The van der Waals surface area contributed by atoms with Gasteiger partial charge in [-0.2, -0.15) is 0 Å². The summed E-state index contributed by atoms with van der Waals surface area (Å²) in [5.41, 5.74) is 11.0. The summed E-state index contributed by atoms with van der Waals surface area (Å²) >= 11 is 0. The maximum absolute atomic E-state index is 9.74. The minimum atomic E-state index is 0.0949. The van der Waals surface area contributed by atoms with E-state index in [-0.39, 0.29) is 5.75 Å². The highest BCUT2D eigenvalue weighted by Gasteiger charge is 2.10. The average molecular weight is 306 g/mol. The van der Waals surface area contributed by atoms with E-state index in [1.165, 1.54) is 12.7 Å². The second kappa shape index (κ2) is 6.01. The number of nitrogen functional groups attached to an aromatic ring is 1. The van der Waals surface area contributed by atoms with Crippen LogP contribution in [0.1, 0.15) is 5.56 Å². The van der Waals surface area contributed by atoms with Gasteiger partial charge in [0, 0.05) is 17.3 Å². The molecule has 0 bridgehead atoms. The smallest absolute Gasteiger partial charge is 0.161 e. The summed E-state index contributed by atoms with van der Waals surface area (Å²) in [4.78, 5) is 4.31. The van der Waals surface area contributed by atoms with E-state index >= 15 is 0 Å². The van der Waals surface area contributed by atoms with E-state index in [9.17, 15) is 5.11 Å². The van der Waals surface area contributed by atoms with Crippen molar-refractivity contribution in [2.24, 2.45) is 0 Å². The van der Waals surface area contributed by atoms with Gasteiger partial charge in [-0.25, -0.2) is 4.98 Å². The number of phenols is 1.